The van der Waals surface area contributed by atoms with Gasteiger partial charge in [-0.25, -0.2) is 0 Å². The molecule has 0 bridgehead atoms. The van der Waals surface area contributed by atoms with Gasteiger partial charge in [0, 0.05) is 46.1 Å². The molecule has 3 amide bonds. The SMILES string of the molecule is CNC(=O)[C@@H](Cc1ccccc1)N(C)C(=O)[C@@H](Cc1ccc2ccccc2c1)N(C)C(=O)c1cccc(CN)c1. The van der Waals surface area contributed by atoms with E-state index in [9.17, 15) is 14.4 Å². The summed E-state index contributed by atoms with van der Waals surface area (Å²) in [5.74, 6) is -0.875. The van der Waals surface area contributed by atoms with Gasteiger partial charge in [0.1, 0.15) is 12.1 Å². The van der Waals surface area contributed by atoms with Crippen LogP contribution >= 0.6 is 0 Å². The molecular weight excluding hydrogens is 500 g/mol. The summed E-state index contributed by atoms with van der Waals surface area (Å²) >= 11 is 0. The third kappa shape index (κ3) is 6.55. The zero-order valence-corrected chi connectivity index (χ0v) is 23.2. The molecule has 0 aliphatic rings. The van der Waals surface area contributed by atoms with Crippen molar-refractivity contribution in [3.05, 3.63) is 119 Å². The van der Waals surface area contributed by atoms with E-state index in [0.717, 1.165) is 27.5 Å². The topological polar surface area (TPSA) is 95.7 Å². The zero-order valence-electron chi connectivity index (χ0n) is 23.2. The van der Waals surface area contributed by atoms with Crippen molar-refractivity contribution < 1.29 is 14.4 Å². The Morgan fingerprint density at radius 2 is 1.35 bits per heavy atom. The highest BCUT2D eigenvalue weighted by molar-refractivity contribution is 5.98. The molecular formula is C33H36N4O3. The lowest BCUT2D eigenvalue weighted by Crippen LogP contribution is -2.55. The van der Waals surface area contributed by atoms with Crippen LogP contribution in [0.25, 0.3) is 10.8 Å². The molecule has 0 saturated carbocycles. The van der Waals surface area contributed by atoms with Crippen molar-refractivity contribution in [2.24, 2.45) is 5.73 Å². The summed E-state index contributed by atoms with van der Waals surface area (Å²) in [6, 6.07) is 29.2. The minimum absolute atomic E-state index is 0.270. The van der Waals surface area contributed by atoms with Crippen molar-refractivity contribution in [1.29, 1.82) is 0 Å². The maximum absolute atomic E-state index is 14.2. The fourth-order valence-corrected chi connectivity index (χ4v) is 4.95. The number of nitrogens with one attached hydrogen (secondary N) is 1. The molecule has 0 radical (unpaired) electrons. The average molecular weight is 537 g/mol. The van der Waals surface area contributed by atoms with E-state index in [1.54, 1.807) is 39.3 Å². The van der Waals surface area contributed by atoms with Crippen LogP contribution < -0.4 is 11.1 Å². The van der Waals surface area contributed by atoms with Crippen LogP contribution in [0.5, 0.6) is 0 Å². The van der Waals surface area contributed by atoms with E-state index in [1.165, 1.54) is 9.80 Å². The van der Waals surface area contributed by atoms with Crippen molar-refractivity contribution in [3.8, 4) is 0 Å². The second-order valence-corrected chi connectivity index (χ2v) is 9.99. The highest BCUT2D eigenvalue weighted by Crippen LogP contribution is 2.21. The van der Waals surface area contributed by atoms with Crippen LogP contribution in [0, 0.1) is 0 Å². The fourth-order valence-electron chi connectivity index (χ4n) is 4.95. The summed E-state index contributed by atoms with van der Waals surface area (Å²) in [7, 11) is 4.83. The molecule has 3 N–H and O–H groups in total. The number of amides is 3. The van der Waals surface area contributed by atoms with E-state index in [4.69, 9.17) is 5.73 Å². The average Bonchev–Trinajstić information content (AvgIpc) is 3.01. The van der Waals surface area contributed by atoms with Gasteiger partial charge in [-0.15, -0.1) is 0 Å². The molecule has 7 heteroatoms. The largest absolute Gasteiger partial charge is 0.357 e. The molecule has 206 valence electrons. The highest BCUT2D eigenvalue weighted by atomic mass is 16.2. The Balaban J connectivity index is 1.69. The molecule has 0 saturated heterocycles. The molecule has 0 unspecified atom stereocenters. The number of hydrogen-bond donors (Lipinski definition) is 2. The van der Waals surface area contributed by atoms with Crippen LogP contribution in [0.1, 0.15) is 27.0 Å². The number of carbonyl (C=O) groups is 3. The summed E-state index contributed by atoms with van der Waals surface area (Å²) in [5.41, 5.74) is 8.94. The van der Waals surface area contributed by atoms with Gasteiger partial charge in [0.2, 0.25) is 11.8 Å². The molecule has 0 aromatic heterocycles. The molecule has 0 fully saturated rings. The summed E-state index contributed by atoms with van der Waals surface area (Å²) < 4.78 is 0. The number of likely N-dealkylation sites (N-methyl/N-ethyl adjacent to an activating group) is 3. The van der Waals surface area contributed by atoms with Crippen LogP contribution in [-0.2, 0) is 29.0 Å². The molecule has 7 nitrogen and oxygen atoms in total. The van der Waals surface area contributed by atoms with Crippen molar-refractivity contribution in [2.45, 2.75) is 31.5 Å². The van der Waals surface area contributed by atoms with Crippen molar-refractivity contribution >= 4 is 28.5 Å². The van der Waals surface area contributed by atoms with E-state index in [0.29, 0.717) is 24.9 Å². The van der Waals surface area contributed by atoms with Gasteiger partial charge in [0.25, 0.3) is 5.91 Å². The van der Waals surface area contributed by atoms with Crippen LogP contribution in [0.15, 0.2) is 97.1 Å². The maximum atomic E-state index is 14.2. The van der Waals surface area contributed by atoms with E-state index >= 15 is 0 Å². The lowest BCUT2D eigenvalue weighted by atomic mass is 9.98. The summed E-state index contributed by atoms with van der Waals surface area (Å²) in [6.07, 6.45) is 0.639. The Hall–Kier alpha value is -4.49. The smallest absolute Gasteiger partial charge is 0.254 e. The van der Waals surface area contributed by atoms with Gasteiger partial charge in [0.05, 0.1) is 0 Å². The predicted molar refractivity (Wildman–Crippen MR) is 159 cm³/mol. The van der Waals surface area contributed by atoms with Gasteiger partial charge in [0.15, 0.2) is 0 Å². The monoisotopic (exact) mass is 536 g/mol. The maximum Gasteiger partial charge on any atom is 0.254 e. The molecule has 4 aromatic rings. The minimum atomic E-state index is -0.844. The third-order valence-corrected chi connectivity index (χ3v) is 7.36. The van der Waals surface area contributed by atoms with Crippen LogP contribution in [0.3, 0.4) is 0 Å². The number of fused-ring (bicyclic) bond motifs is 1. The summed E-state index contributed by atoms with van der Waals surface area (Å²) in [6.45, 7) is 0.306. The number of nitrogens with two attached hydrogens (primary N) is 1. The zero-order chi connectivity index (χ0) is 28.6. The first-order valence-corrected chi connectivity index (χ1v) is 13.4. The normalized spacial score (nSPS) is 12.4. The quantitative estimate of drug-likeness (QED) is 0.322. The Bertz CT molecular complexity index is 1490. The van der Waals surface area contributed by atoms with E-state index < -0.39 is 12.1 Å². The second kappa shape index (κ2) is 13.0. The molecule has 4 rings (SSSR count). The number of hydrogen-bond acceptors (Lipinski definition) is 4. The van der Waals surface area contributed by atoms with Gasteiger partial charge in [-0.05, 0) is 39.6 Å². The molecule has 40 heavy (non-hydrogen) atoms. The molecule has 0 heterocycles. The Morgan fingerprint density at radius 1 is 0.700 bits per heavy atom. The molecule has 4 aromatic carbocycles. The number of benzene rings is 4. The van der Waals surface area contributed by atoms with Crippen LogP contribution in [0.4, 0.5) is 0 Å². The fraction of sp³-hybridized carbons (Fsp3) is 0.242. The predicted octanol–water partition coefficient (Wildman–Crippen LogP) is 3.80. The number of rotatable bonds is 10. The highest BCUT2D eigenvalue weighted by Gasteiger charge is 2.35. The van der Waals surface area contributed by atoms with Crippen molar-refractivity contribution in [3.63, 3.8) is 0 Å². The van der Waals surface area contributed by atoms with Gasteiger partial charge >= 0.3 is 0 Å². The summed E-state index contributed by atoms with van der Waals surface area (Å²) in [4.78, 5) is 43.8. The molecule has 2 atom stereocenters. The van der Waals surface area contributed by atoms with Crippen LogP contribution in [-0.4, -0.2) is 60.7 Å². The van der Waals surface area contributed by atoms with Crippen LogP contribution in [0.2, 0.25) is 0 Å². The Morgan fingerprint density at radius 3 is 2.05 bits per heavy atom. The van der Waals surface area contributed by atoms with Gasteiger partial charge in [-0.1, -0.05) is 84.9 Å². The van der Waals surface area contributed by atoms with Gasteiger partial charge < -0.3 is 20.9 Å². The van der Waals surface area contributed by atoms with Crippen molar-refractivity contribution in [1.82, 2.24) is 15.1 Å². The summed E-state index contributed by atoms with van der Waals surface area (Å²) in [5, 5.41) is 4.84. The van der Waals surface area contributed by atoms with Gasteiger partial charge in [-0.3, -0.25) is 14.4 Å². The van der Waals surface area contributed by atoms with Crippen molar-refractivity contribution in [2.75, 3.05) is 21.1 Å². The standard InChI is InChI=1S/C33H36N4O3/c1-35-31(38)29(20-23-10-5-4-6-11-23)36(2)33(40)30(21-24-16-17-26-13-7-8-14-27(26)18-24)37(3)32(39)28-15-9-12-25(19-28)22-34/h4-19,29-30H,20-22,34H2,1-3H3,(H,35,38)/t29-,30-/m1/s1. The first kappa shape index (κ1) is 28.5. The first-order chi connectivity index (χ1) is 19.3. The van der Waals surface area contributed by atoms with E-state index in [-0.39, 0.29) is 17.7 Å². The molecule has 0 spiro atoms. The number of nitrogens with zero attached hydrogens (tertiary/aromatic N) is 2. The lowest BCUT2D eigenvalue weighted by Gasteiger charge is -2.34. The van der Waals surface area contributed by atoms with Gasteiger partial charge in [-0.2, -0.15) is 0 Å². The van der Waals surface area contributed by atoms with E-state index in [1.807, 2.05) is 78.9 Å². The first-order valence-electron chi connectivity index (χ1n) is 13.4. The third-order valence-electron chi connectivity index (χ3n) is 7.36. The lowest BCUT2D eigenvalue weighted by molar-refractivity contribution is -0.142. The minimum Gasteiger partial charge on any atom is -0.357 e. The molecule has 0 aliphatic heterocycles. The molecule has 0 aliphatic carbocycles. The Kier molecular flexibility index (Phi) is 9.30. The second-order valence-electron chi connectivity index (χ2n) is 9.99. The Labute approximate surface area is 235 Å². The number of carbonyl (C=O) groups excluding carboxylic acids is 3. The van der Waals surface area contributed by atoms with E-state index in [2.05, 4.69) is 5.32 Å².